The summed E-state index contributed by atoms with van der Waals surface area (Å²) in [5.41, 5.74) is -0.394. The summed E-state index contributed by atoms with van der Waals surface area (Å²) in [6.07, 6.45) is 19.3. The van der Waals surface area contributed by atoms with E-state index in [2.05, 4.69) is 11.9 Å². The van der Waals surface area contributed by atoms with E-state index >= 15 is 0 Å². The Bertz CT molecular complexity index is 801. The second-order valence-corrected chi connectivity index (χ2v) is 9.44. The van der Waals surface area contributed by atoms with Gasteiger partial charge in [-0.2, -0.15) is 0 Å². The third-order valence-electron chi connectivity index (χ3n) is 6.46. The predicted molar refractivity (Wildman–Crippen MR) is 130 cm³/mol. The Morgan fingerprint density at radius 1 is 0.970 bits per heavy atom. The SMILES string of the molecule is CCCCCCCCCCCCCCCC(=O)OC[C@@H]1CC[C@H](n2cc(C)c(=O)[nH]c2=O)O1. The average molecular weight is 465 g/mol. The van der Waals surface area contributed by atoms with Crippen LogP contribution in [0.25, 0.3) is 0 Å². The van der Waals surface area contributed by atoms with E-state index in [1.54, 1.807) is 6.92 Å². The number of aromatic nitrogens is 2. The maximum atomic E-state index is 12.0. The molecular weight excluding hydrogens is 420 g/mol. The molecule has 0 radical (unpaired) electrons. The molecule has 2 rings (SSSR count). The molecule has 33 heavy (non-hydrogen) atoms. The van der Waals surface area contributed by atoms with E-state index in [4.69, 9.17) is 9.47 Å². The molecule has 0 aromatic carbocycles. The standard InChI is InChI=1S/C26H44N2O5/c1-3-4-5-6-7-8-9-10-11-12-13-14-15-16-24(29)32-20-22-17-18-23(33-22)28-19-21(2)25(30)27-26(28)31/h19,22-23H,3-18,20H2,1-2H3,(H,27,30,31)/t22-,23+/m0/s1. The molecule has 1 aliphatic rings. The highest BCUT2D eigenvalue weighted by Crippen LogP contribution is 2.27. The molecule has 1 aromatic heterocycles. The molecule has 188 valence electrons. The van der Waals surface area contributed by atoms with Gasteiger partial charge in [0.15, 0.2) is 0 Å². The number of hydrogen-bond donors (Lipinski definition) is 1. The van der Waals surface area contributed by atoms with E-state index in [1.165, 1.54) is 81.4 Å². The van der Waals surface area contributed by atoms with Gasteiger partial charge in [-0.05, 0) is 26.2 Å². The zero-order chi connectivity index (χ0) is 23.9. The van der Waals surface area contributed by atoms with Crippen molar-refractivity contribution in [1.29, 1.82) is 0 Å². The Hall–Kier alpha value is -1.89. The molecule has 0 amide bonds. The van der Waals surface area contributed by atoms with Crippen LogP contribution in [0, 0.1) is 6.92 Å². The molecule has 1 aromatic rings. The third kappa shape index (κ3) is 10.7. The second-order valence-electron chi connectivity index (χ2n) is 9.44. The van der Waals surface area contributed by atoms with Crippen LogP contribution in [0.3, 0.4) is 0 Å². The minimum absolute atomic E-state index is 0.179. The summed E-state index contributed by atoms with van der Waals surface area (Å²) < 4.78 is 12.6. The highest BCUT2D eigenvalue weighted by molar-refractivity contribution is 5.69. The number of rotatable bonds is 17. The van der Waals surface area contributed by atoms with Crippen molar-refractivity contribution in [3.8, 4) is 0 Å². The lowest BCUT2D eigenvalue weighted by Gasteiger charge is -2.16. The molecule has 0 bridgehead atoms. The van der Waals surface area contributed by atoms with Crippen LogP contribution < -0.4 is 11.2 Å². The van der Waals surface area contributed by atoms with Crippen molar-refractivity contribution in [2.45, 2.75) is 129 Å². The van der Waals surface area contributed by atoms with Crippen LogP contribution in [0.15, 0.2) is 15.8 Å². The molecule has 0 spiro atoms. The highest BCUT2D eigenvalue weighted by atomic mass is 16.6. The molecule has 0 unspecified atom stereocenters. The first-order valence-electron chi connectivity index (χ1n) is 13.1. The number of H-pyrrole nitrogens is 1. The van der Waals surface area contributed by atoms with E-state index in [0.29, 0.717) is 24.8 Å². The van der Waals surface area contributed by atoms with Gasteiger partial charge in [0.25, 0.3) is 5.56 Å². The maximum absolute atomic E-state index is 12.0. The van der Waals surface area contributed by atoms with Crippen LogP contribution in [-0.4, -0.2) is 28.2 Å². The van der Waals surface area contributed by atoms with Gasteiger partial charge >= 0.3 is 11.7 Å². The number of carbonyl (C=O) groups is 1. The van der Waals surface area contributed by atoms with E-state index < -0.39 is 11.9 Å². The van der Waals surface area contributed by atoms with Gasteiger partial charge in [-0.3, -0.25) is 19.1 Å². The zero-order valence-electron chi connectivity index (χ0n) is 20.7. The number of carbonyl (C=O) groups excluding carboxylic acids is 1. The van der Waals surface area contributed by atoms with Crippen molar-refractivity contribution < 1.29 is 14.3 Å². The van der Waals surface area contributed by atoms with E-state index in [0.717, 1.165) is 12.8 Å². The topological polar surface area (TPSA) is 90.4 Å². The van der Waals surface area contributed by atoms with E-state index in [9.17, 15) is 14.4 Å². The molecule has 7 heteroatoms. The molecular formula is C26H44N2O5. The summed E-state index contributed by atoms with van der Waals surface area (Å²) >= 11 is 0. The van der Waals surface area contributed by atoms with Crippen molar-refractivity contribution in [1.82, 2.24) is 9.55 Å². The van der Waals surface area contributed by atoms with Crippen LogP contribution in [0.1, 0.15) is 121 Å². The monoisotopic (exact) mass is 464 g/mol. The van der Waals surface area contributed by atoms with Crippen molar-refractivity contribution in [3.63, 3.8) is 0 Å². The van der Waals surface area contributed by atoms with Crippen LogP contribution in [-0.2, 0) is 14.3 Å². The van der Waals surface area contributed by atoms with Gasteiger partial charge < -0.3 is 9.47 Å². The summed E-state index contributed by atoms with van der Waals surface area (Å²) in [6, 6.07) is 0. The molecule has 1 aliphatic heterocycles. The average Bonchev–Trinajstić information content (AvgIpc) is 3.26. The number of aryl methyl sites for hydroxylation is 1. The minimum atomic E-state index is -0.476. The number of ether oxygens (including phenoxy) is 2. The second kappa shape index (κ2) is 15.9. The van der Waals surface area contributed by atoms with Crippen LogP contribution >= 0.6 is 0 Å². The molecule has 7 nitrogen and oxygen atoms in total. The van der Waals surface area contributed by atoms with Gasteiger partial charge in [0, 0.05) is 18.2 Å². The van der Waals surface area contributed by atoms with E-state index in [-0.39, 0.29) is 24.2 Å². The lowest BCUT2D eigenvalue weighted by molar-refractivity contribution is -0.148. The number of hydrogen-bond acceptors (Lipinski definition) is 5. The fourth-order valence-corrected chi connectivity index (χ4v) is 4.36. The smallest absolute Gasteiger partial charge is 0.330 e. The Balaban J connectivity index is 1.46. The number of unbranched alkanes of at least 4 members (excludes halogenated alkanes) is 12. The molecule has 2 atom stereocenters. The number of nitrogens with zero attached hydrogens (tertiary/aromatic N) is 1. The fourth-order valence-electron chi connectivity index (χ4n) is 4.36. The maximum Gasteiger partial charge on any atom is 0.330 e. The number of nitrogens with one attached hydrogen (secondary N) is 1. The number of aromatic amines is 1. The lowest BCUT2D eigenvalue weighted by Crippen LogP contribution is -2.33. The van der Waals surface area contributed by atoms with Gasteiger partial charge in [0.2, 0.25) is 0 Å². The van der Waals surface area contributed by atoms with Gasteiger partial charge in [-0.15, -0.1) is 0 Å². The molecule has 0 saturated carbocycles. The Morgan fingerprint density at radius 3 is 2.15 bits per heavy atom. The number of esters is 1. The zero-order valence-corrected chi connectivity index (χ0v) is 20.7. The Kier molecular flexibility index (Phi) is 13.1. The first-order chi connectivity index (χ1) is 16.0. The van der Waals surface area contributed by atoms with Crippen molar-refractivity contribution in [2.75, 3.05) is 6.61 Å². The third-order valence-corrected chi connectivity index (χ3v) is 6.46. The van der Waals surface area contributed by atoms with Gasteiger partial charge in [0.05, 0.1) is 6.10 Å². The van der Waals surface area contributed by atoms with Crippen LogP contribution in [0.4, 0.5) is 0 Å². The fraction of sp³-hybridized carbons (Fsp3) is 0.808. The summed E-state index contributed by atoms with van der Waals surface area (Å²) in [5.74, 6) is -0.179. The van der Waals surface area contributed by atoms with Gasteiger partial charge in [0.1, 0.15) is 12.8 Å². The molecule has 1 fully saturated rings. The summed E-state index contributed by atoms with van der Waals surface area (Å²) in [4.78, 5) is 37.8. The normalized spacial score (nSPS) is 18.0. The summed E-state index contributed by atoms with van der Waals surface area (Å²) in [7, 11) is 0. The highest BCUT2D eigenvalue weighted by Gasteiger charge is 2.28. The molecule has 1 saturated heterocycles. The summed E-state index contributed by atoms with van der Waals surface area (Å²) in [5, 5.41) is 0. The molecule has 2 heterocycles. The lowest BCUT2D eigenvalue weighted by atomic mass is 10.0. The van der Waals surface area contributed by atoms with Crippen molar-refractivity contribution >= 4 is 5.97 Å². The van der Waals surface area contributed by atoms with E-state index in [1.807, 2.05) is 0 Å². The van der Waals surface area contributed by atoms with Crippen LogP contribution in [0.2, 0.25) is 0 Å². The largest absolute Gasteiger partial charge is 0.463 e. The Labute approximate surface area is 198 Å². The Morgan fingerprint density at radius 2 is 1.55 bits per heavy atom. The first kappa shape index (κ1) is 27.4. The molecule has 0 aliphatic carbocycles. The summed E-state index contributed by atoms with van der Waals surface area (Å²) in [6.45, 7) is 4.12. The molecule has 1 N–H and O–H groups in total. The van der Waals surface area contributed by atoms with Crippen molar-refractivity contribution in [3.05, 3.63) is 32.6 Å². The van der Waals surface area contributed by atoms with Gasteiger partial charge in [-0.25, -0.2) is 4.79 Å². The van der Waals surface area contributed by atoms with Crippen molar-refractivity contribution in [2.24, 2.45) is 0 Å². The predicted octanol–water partition coefficient (Wildman–Crippen LogP) is 5.55. The van der Waals surface area contributed by atoms with Crippen LogP contribution in [0.5, 0.6) is 0 Å². The minimum Gasteiger partial charge on any atom is -0.463 e. The van der Waals surface area contributed by atoms with Gasteiger partial charge in [-0.1, -0.05) is 84.0 Å². The quantitative estimate of drug-likeness (QED) is 0.241. The first-order valence-corrected chi connectivity index (χ1v) is 13.1.